The lowest BCUT2D eigenvalue weighted by molar-refractivity contribution is -0.0421. The second kappa shape index (κ2) is 7.43. The number of aliphatic hydroxyl groups excluding tert-OH is 1. The van der Waals surface area contributed by atoms with Crippen LogP contribution in [0.3, 0.4) is 0 Å². The number of nitrogens with one attached hydrogen (secondary N) is 2. The van der Waals surface area contributed by atoms with Crippen LogP contribution in [0.1, 0.15) is 35.4 Å². The third-order valence-electron chi connectivity index (χ3n) is 4.66. The summed E-state index contributed by atoms with van der Waals surface area (Å²) >= 11 is 1.35. The quantitative estimate of drug-likeness (QED) is 0.749. The van der Waals surface area contributed by atoms with Gasteiger partial charge in [-0.05, 0) is 24.3 Å². The molecule has 1 saturated heterocycles. The molecule has 1 aromatic rings. The van der Waals surface area contributed by atoms with Crippen LogP contribution in [0.15, 0.2) is 17.5 Å². The number of ether oxygens (including phenoxy) is 1. The highest BCUT2D eigenvalue weighted by atomic mass is 32.1. The molecular weight excluding hydrogens is 338 g/mol. The molecule has 0 radical (unpaired) electrons. The normalized spacial score (nSPS) is 30.4. The zero-order valence-electron chi connectivity index (χ0n) is 13.2. The Kier molecular flexibility index (Phi) is 5.49. The van der Waals surface area contributed by atoms with Gasteiger partial charge in [-0.15, -0.1) is 11.3 Å². The second-order valence-corrected chi connectivity index (χ2v) is 7.40. The van der Waals surface area contributed by atoms with Gasteiger partial charge in [0.2, 0.25) is 5.92 Å². The molecule has 3 rings (SSSR count). The lowest BCUT2D eigenvalue weighted by atomic mass is 9.91. The predicted octanol–water partition coefficient (Wildman–Crippen LogP) is 1.77. The molecule has 2 heterocycles. The summed E-state index contributed by atoms with van der Waals surface area (Å²) in [4.78, 5) is 12.5. The molecule has 24 heavy (non-hydrogen) atoms. The van der Waals surface area contributed by atoms with E-state index in [2.05, 4.69) is 10.6 Å². The molecule has 0 aromatic carbocycles. The van der Waals surface area contributed by atoms with Crippen LogP contribution in [0, 0.1) is 0 Å². The molecule has 134 valence electrons. The predicted molar refractivity (Wildman–Crippen MR) is 86.5 cm³/mol. The minimum absolute atomic E-state index is 0.0210. The van der Waals surface area contributed by atoms with E-state index in [0.29, 0.717) is 24.3 Å². The summed E-state index contributed by atoms with van der Waals surface area (Å²) in [5.41, 5.74) is 0. The Hall–Kier alpha value is -1.09. The zero-order chi connectivity index (χ0) is 17.2. The topological polar surface area (TPSA) is 70.6 Å². The van der Waals surface area contributed by atoms with Crippen molar-refractivity contribution in [3.63, 3.8) is 0 Å². The lowest BCUT2D eigenvalue weighted by Gasteiger charge is -2.31. The van der Waals surface area contributed by atoms with E-state index in [9.17, 15) is 18.7 Å². The lowest BCUT2D eigenvalue weighted by Crippen LogP contribution is -2.49. The van der Waals surface area contributed by atoms with Crippen LogP contribution in [0.25, 0.3) is 0 Å². The zero-order valence-corrected chi connectivity index (χ0v) is 14.0. The Morgan fingerprint density at radius 1 is 1.42 bits per heavy atom. The average molecular weight is 360 g/mol. The van der Waals surface area contributed by atoms with Crippen molar-refractivity contribution in [1.82, 2.24) is 10.6 Å². The second-order valence-electron chi connectivity index (χ2n) is 6.45. The third-order valence-corrected chi connectivity index (χ3v) is 5.53. The van der Waals surface area contributed by atoms with Gasteiger partial charge in [-0.25, -0.2) is 8.78 Å². The number of amides is 1. The van der Waals surface area contributed by atoms with E-state index in [4.69, 9.17) is 4.74 Å². The van der Waals surface area contributed by atoms with E-state index in [1.165, 1.54) is 11.3 Å². The van der Waals surface area contributed by atoms with Gasteiger partial charge in [-0.3, -0.25) is 4.79 Å². The van der Waals surface area contributed by atoms with Crippen molar-refractivity contribution in [2.45, 2.75) is 55.9 Å². The first-order chi connectivity index (χ1) is 11.4. The van der Waals surface area contributed by atoms with Gasteiger partial charge in [-0.1, -0.05) is 6.07 Å². The summed E-state index contributed by atoms with van der Waals surface area (Å²) in [5.74, 6) is -2.75. The smallest absolute Gasteiger partial charge is 0.261 e. The van der Waals surface area contributed by atoms with Crippen LogP contribution >= 0.6 is 11.3 Å². The van der Waals surface area contributed by atoms with Gasteiger partial charge in [-0.2, -0.15) is 0 Å². The minimum atomic E-state index is -2.56. The standard InChI is InChI=1S/C16H22F2N2O3S/c17-16(18)5-3-10(4-6-16)20-11-9-23-12(14(11)21)8-19-15(22)13-2-1-7-24-13/h1-2,7,10-12,14,20-21H,3-6,8-9H2,(H,19,22)/t11-,12-,14+/m1/s1. The molecule has 1 amide bonds. The molecule has 3 N–H and O–H groups in total. The number of rotatable bonds is 5. The minimum Gasteiger partial charge on any atom is -0.389 e. The number of carbonyl (C=O) groups is 1. The molecule has 1 aliphatic heterocycles. The highest BCUT2D eigenvalue weighted by Crippen LogP contribution is 2.33. The fourth-order valence-corrected chi connectivity index (χ4v) is 3.85. The Bertz CT molecular complexity index is 546. The van der Waals surface area contributed by atoms with Crippen molar-refractivity contribution >= 4 is 17.2 Å². The Labute approximate surface area is 143 Å². The number of alkyl halides is 2. The molecule has 0 spiro atoms. The molecule has 2 aliphatic rings. The van der Waals surface area contributed by atoms with Crippen LogP contribution in [-0.4, -0.2) is 54.4 Å². The maximum Gasteiger partial charge on any atom is 0.261 e. The largest absolute Gasteiger partial charge is 0.389 e. The Morgan fingerprint density at radius 3 is 2.83 bits per heavy atom. The maximum atomic E-state index is 13.2. The van der Waals surface area contributed by atoms with Crippen LogP contribution in [0.4, 0.5) is 8.78 Å². The van der Waals surface area contributed by atoms with Gasteiger partial charge in [0.15, 0.2) is 0 Å². The van der Waals surface area contributed by atoms with E-state index >= 15 is 0 Å². The average Bonchev–Trinajstić information content (AvgIpc) is 3.19. The van der Waals surface area contributed by atoms with Crippen molar-refractivity contribution in [3.05, 3.63) is 22.4 Å². The summed E-state index contributed by atoms with van der Waals surface area (Å²) in [6.45, 7) is 0.534. The fourth-order valence-electron chi connectivity index (χ4n) is 3.21. The van der Waals surface area contributed by atoms with Crippen molar-refractivity contribution in [3.8, 4) is 0 Å². The molecule has 0 unspecified atom stereocenters. The summed E-state index contributed by atoms with van der Waals surface area (Å²) in [5, 5.41) is 18.1. The summed E-state index contributed by atoms with van der Waals surface area (Å²) in [6, 6.07) is 3.22. The Morgan fingerprint density at radius 2 is 2.17 bits per heavy atom. The van der Waals surface area contributed by atoms with E-state index in [1.54, 1.807) is 12.1 Å². The number of thiophene rings is 1. The van der Waals surface area contributed by atoms with Crippen LogP contribution < -0.4 is 10.6 Å². The summed E-state index contributed by atoms with van der Waals surface area (Å²) < 4.78 is 31.9. The molecule has 1 aromatic heterocycles. The number of hydrogen-bond acceptors (Lipinski definition) is 5. The monoisotopic (exact) mass is 360 g/mol. The number of hydrogen-bond donors (Lipinski definition) is 3. The van der Waals surface area contributed by atoms with Gasteiger partial charge >= 0.3 is 0 Å². The highest BCUT2D eigenvalue weighted by Gasteiger charge is 2.40. The molecule has 0 bridgehead atoms. The van der Waals surface area contributed by atoms with Crippen molar-refractivity contribution < 1.29 is 23.4 Å². The molecule has 3 atom stereocenters. The molecule has 1 aliphatic carbocycles. The van der Waals surface area contributed by atoms with Gasteiger partial charge in [0.25, 0.3) is 5.91 Å². The maximum absolute atomic E-state index is 13.2. The van der Waals surface area contributed by atoms with Gasteiger partial charge in [0.05, 0.1) is 23.6 Å². The van der Waals surface area contributed by atoms with Crippen LogP contribution in [-0.2, 0) is 4.74 Å². The molecule has 2 fully saturated rings. The number of aliphatic hydroxyl groups is 1. The van der Waals surface area contributed by atoms with Crippen molar-refractivity contribution in [2.24, 2.45) is 0 Å². The third kappa shape index (κ3) is 4.30. The van der Waals surface area contributed by atoms with Crippen LogP contribution in [0.5, 0.6) is 0 Å². The SMILES string of the molecule is O=C(NC[C@H]1OC[C@@H](NC2CCC(F)(F)CC2)[C@@H]1O)c1cccs1. The van der Waals surface area contributed by atoms with E-state index in [-0.39, 0.29) is 37.4 Å². The molecular formula is C16H22F2N2O3S. The first-order valence-electron chi connectivity index (χ1n) is 8.20. The molecule has 8 heteroatoms. The Balaban J connectivity index is 1.43. The molecule has 1 saturated carbocycles. The van der Waals surface area contributed by atoms with Gasteiger partial charge < -0.3 is 20.5 Å². The first-order valence-corrected chi connectivity index (χ1v) is 9.08. The number of halogens is 2. The fraction of sp³-hybridized carbons (Fsp3) is 0.688. The van der Waals surface area contributed by atoms with E-state index in [1.807, 2.05) is 5.38 Å². The van der Waals surface area contributed by atoms with Crippen molar-refractivity contribution in [2.75, 3.05) is 13.2 Å². The van der Waals surface area contributed by atoms with Gasteiger partial charge in [0, 0.05) is 25.4 Å². The van der Waals surface area contributed by atoms with E-state index in [0.717, 1.165) is 0 Å². The van der Waals surface area contributed by atoms with E-state index < -0.39 is 18.1 Å². The van der Waals surface area contributed by atoms with Crippen LogP contribution in [0.2, 0.25) is 0 Å². The summed E-state index contributed by atoms with van der Waals surface area (Å²) in [7, 11) is 0. The summed E-state index contributed by atoms with van der Waals surface area (Å²) in [6.07, 6.45) is -0.692. The first kappa shape index (κ1) is 17.7. The van der Waals surface area contributed by atoms with Crippen molar-refractivity contribution in [1.29, 1.82) is 0 Å². The number of carbonyl (C=O) groups excluding carboxylic acids is 1. The molecule has 5 nitrogen and oxygen atoms in total. The van der Waals surface area contributed by atoms with Gasteiger partial charge in [0.1, 0.15) is 6.10 Å². The highest BCUT2D eigenvalue weighted by molar-refractivity contribution is 7.12.